The minimum absolute atomic E-state index is 0.00239. The highest BCUT2D eigenvalue weighted by Gasteiger charge is 2.68. The Morgan fingerprint density at radius 2 is 2.06 bits per heavy atom. The number of nitrogens with two attached hydrogens (primary N) is 1. The van der Waals surface area contributed by atoms with Gasteiger partial charge in [-0.2, -0.15) is 23.4 Å². The quantitative estimate of drug-likeness (QED) is 0.310. The van der Waals surface area contributed by atoms with Gasteiger partial charge in [-0.1, -0.05) is 30.9 Å². The zero-order chi connectivity index (χ0) is 22.8. The van der Waals surface area contributed by atoms with Crippen molar-refractivity contribution in [3.05, 3.63) is 60.1 Å². The molecule has 31 heavy (non-hydrogen) atoms. The van der Waals surface area contributed by atoms with Crippen LogP contribution in [0, 0.1) is 11.2 Å². The Balaban J connectivity index is 1.83. The van der Waals surface area contributed by atoms with Crippen molar-refractivity contribution in [3.63, 3.8) is 0 Å². The summed E-state index contributed by atoms with van der Waals surface area (Å²) in [4.78, 5) is 16.2. The minimum Gasteiger partial charge on any atom is -0.380 e. The number of rotatable bonds is 6. The van der Waals surface area contributed by atoms with Crippen molar-refractivity contribution in [2.75, 3.05) is 0 Å². The van der Waals surface area contributed by atoms with Crippen molar-refractivity contribution in [3.8, 4) is 0 Å². The smallest absolute Gasteiger partial charge is 0.380 e. The number of allylic oxidation sites excluding steroid dienone is 1. The first kappa shape index (κ1) is 22.2. The molecule has 0 atom stereocenters. The van der Waals surface area contributed by atoms with E-state index in [1.165, 1.54) is 17.3 Å². The number of aliphatic imine (C=N–C) groups is 1. The number of halogens is 4. The van der Waals surface area contributed by atoms with Gasteiger partial charge in [0, 0.05) is 17.3 Å². The third-order valence-electron chi connectivity index (χ3n) is 4.89. The fourth-order valence-electron chi connectivity index (χ4n) is 2.92. The number of amides is 1. The lowest BCUT2D eigenvalue weighted by molar-refractivity contribution is -0.192. The highest BCUT2D eigenvalue weighted by atomic mass is 19.4. The molecular weight excluding hydrogens is 416 g/mol. The number of benzene rings is 1. The average Bonchev–Trinajstić information content (AvgIpc) is 3.48. The van der Waals surface area contributed by atoms with E-state index in [9.17, 15) is 22.4 Å². The van der Waals surface area contributed by atoms with E-state index in [-0.39, 0.29) is 42.3 Å². The predicted molar refractivity (Wildman–Crippen MR) is 108 cm³/mol. The van der Waals surface area contributed by atoms with Crippen molar-refractivity contribution in [1.82, 2.24) is 10.4 Å². The Labute approximate surface area is 175 Å². The monoisotopic (exact) mass is 436 g/mol. The number of hydrazone groups is 2. The summed E-state index contributed by atoms with van der Waals surface area (Å²) in [5.74, 6) is -1.81. The van der Waals surface area contributed by atoms with Crippen LogP contribution in [-0.4, -0.2) is 34.5 Å². The first-order valence-corrected chi connectivity index (χ1v) is 9.29. The summed E-state index contributed by atoms with van der Waals surface area (Å²) in [5.41, 5.74) is 5.86. The second-order valence-corrected chi connectivity index (χ2v) is 7.03. The summed E-state index contributed by atoms with van der Waals surface area (Å²) in [5, 5.41) is 9.16. The maximum absolute atomic E-state index is 14.1. The van der Waals surface area contributed by atoms with Crippen molar-refractivity contribution in [1.29, 1.82) is 0 Å². The predicted octanol–water partition coefficient (Wildman–Crippen LogP) is 3.22. The van der Waals surface area contributed by atoms with Gasteiger partial charge in [-0.25, -0.2) is 19.8 Å². The van der Waals surface area contributed by atoms with Crippen LogP contribution in [0.25, 0.3) is 0 Å². The fraction of sp³-hybridized carbons (Fsp3) is 0.300. The highest BCUT2D eigenvalue weighted by Crippen LogP contribution is 2.57. The zero-order valence-corrected chi connectivity index (χ0v) is 16.6. The van der Waals surface area contributed by atoms with Gasteiger partial charge in [-0.15, -0.1) is 0 Å². The van der Waals surface area contributed by atoms with E-state index < -0.39 is 23.3 Å². The summed E-state index contributed by atoms with van der Waals surface area (Å²) >= 11 is 0. The first-order valence-electron chi connectivity index (χ1n) is 9.29. The minimum atomic E-state index is -4.67. The molecule has 1 aromatic rings. The average molecular weight is 436 g/mol. The second-order valence-electron chi connectivity index (χ2n) is 7.03. The van der Waals surface area contributed by atoms with Crippen LogP contribution in [0.3, 0.4) is 0 Å². The largest absolute Gasteiger partial charge is 0.403 e. The summed E-state index contributed by atoms with van der Waals surface area (Å²) in [6, 6.07) is 6.08. The molecule has 0 aromatic heterocycles. The molecule has 0 unspecified atom stereocenters. The van der Waals surface area contributed by atoms with Crippen LogP contribution in [0.4, 0.5) is 17.6 Å². The molecular formula is C20H20F4N6O. The van der Waals surface area contributed by atoms with Gasteiger partial charge >= 0.3 is 6.18 Å². The topological polar surface area (TPSA) is 95.4 Å². The van der Waals surface area contributed by atoms with Crippen LogP contribution >= 0.6 is 0 Å². The molecule has 164 valence electrons. The second kappa shape index (κ2) is 8.32. The molecule has 11 heteroatoms. The van der Waals surface area contributed by atoms with Crippen molar-refractivity contribution >= 4 is 23.3 Å². The normalized spacial score (nSPS) is 19.8. The molecule has 3 N–H and O–H groups in total. The Morgan fingerprint density at radius 1 is 1.39 bits per heavy atom. The van der Waals surface area contributed by atoms with E-state index in [4.69, 9.17) is 5.73 Å². The molecule has 1 fully saturated rings. The number of nitrogens with zero attached hydrogens (tertiary/aromatic N) is 4. The third kappa shape index (κ3) is 4.35. The van der Waals surface area contributed by atoms with E-state index in [0.717, 1.165) is 0 Å². The van der Waals surface area contributed by atoms with E-state index in [0.29, 0.717) is 5.56 Å². The van der Waals surface area contributed by atoms with Gasteiger partial charge in [-0.3, -0.25) is 4.79 Å². The Morgan fingerprint density at radius 3 is 2.65 bits per heavy atom. The maximum atomic E-state index is 14.1. The molecule has 0 radical (unpaired) electrons. The number of amidine groups is 2. The van der Waals surface area contributed by atoms with E-state index in [2.05, 4.69) is 21.8 Å². The molecule has 1 heterocycles. The number of hydrogen-bond donors (Lipinski definition) is 2. The van der Waals surface area contributed by atoms with E-state index >= 15 is 0 Å². The van der Waals surface area contributed by atoms with Crippen molar-refractivity contribution in [2.45, 2.75) is 32.5 Å². The summed E-state index contributed by atoms with van der Waals surface area (Å²) < 4.78 is 53.2. The molecule has 1 amide bonds. The van der Waals surface area contributed by atoms with Crippen molar-refractivity contribution in [2.24, 2.45) is 26.3 Å². The van der Waals surface area contributed by atoms with Crippen LogP contribution in [0.1, 0.15) is 25.3 Å². The summed E-state index contributed by atoms with van der Waals surface area (Å²) in [6.45, 7) is 5.59. The summed E-state index contributed by atoms with van der Waals surface area (Å²) in [7, 11) is 0. The lowest BCUT2D eigenvalue weighted by atomic mass is 10.1. The van der Waals surface area contributed by atoms with Gasteiger partial charge in [0.1, 0.15) is 16.9 Å². The number of hydrogen-bond acceptors (Lipinski definition) is 4. The molecule has 2 aliphatic rings. The molecule has 1 aliphatic heterocycles. The summed E-state index contributed by atoms with van der Waals surface area (Å²) in [6.07, 6.45) is -2.14. The molecule has 0 spiro atoms. The fourth-order valence-corrected chi connectivity index (χ4v) is 2.92. The van der Waals surface area contributed by atoms with Gasteiger partial charge in [0.2, 0.25) is 0 Å². The molecule has 0 saturated heterocycles. The molecule has 0 bridgehead atoms. The number of alkyl halides is 3. The standard InChI is InChI=1S/C20H20F4N6O/c1-3-10-26-17-12(2)15(29-30(17)11-13-6-4-5-7-14(13)21)16(25)27-28-18(31)19(8-9-19)20(22,23)24/h3-7,10H,2,8-9,11H2,1H3,(H2,25,27)(H,28,31)/b10-3-,26-17?. The molecule has 1 aliphatic carbocycles. The highest BCUT2D eigenvalue weighted by molar-refractivity contribution is 6.54. The van der Waals surface area contributed by atoms with E-state index in [1.807, 2.05) is 5.43 Å². The van der Waals surface area contributed by atoms with Crippen LogP contribution in [0.5, 0.6) is 0 Å². The van der Waals surface area contributed by atoms with E-state index in [1.54, 1.807) is 31.2 Å². The lowest BCUT2D eigenvalue weighted by Crippen LogP contribution is -2.40. The Bertz CT molecular complexity index is 1020. The Kier molecular flexibility index (Phi) is 5.96. The van der Waals surface area contributed by atoms with Crippen molar-refractivity contribution < 1.29 is 22.4 Å². The van der Waals surface area contributed by atoms with Crippen LogP contribution < -0.4 is 11.2 Å². The van der Waals surface area contributed by atoms with Crippen LogP contribution in [0.2, 0.25) is 0 Å². The molecule has 1 aromatic carbocycles. The number of carbonyl (C=O) groups excluding carboxylic acids is 1. The molecule has 1 saturated carbocycles. The lowest BCUT2D eigenvalue weighted by Gasteiger charge is -2.16. The Hall–Kier alpha value is -3.50. The third-order valence-corrected chi connectivity index (χ3v) is 4.89. The van der Waals surface area contributed by atoms with Gasteiger partial charge in [0.05, 0.1) is 6.54 Å². The molecule has 7 nitrogen and oxygen atoms in total. The first-order chi connectivity index (χ1) is 14.6. The number of carbonyl (C=O) groups is 1. The molecule has 3 rings (SSSR count). The zero-order valence-electron chi connectivity index (χ0n) is 16.6. The SMILES string of the molecule is C=C1C(/C(N)=N/NC(=O)C2(C(F)(F)F)CC2)=NN(Cc2ccccc2F)C1=N/C=C\C. The van der Waals surface area contributed by atoms with Gasteiger partial charge in [0.15, 0.2) is 11.7 Å². The van der Waals surface area contributed by atoms with Gasteiger partial charge in [-0.05, 0) is 25.8 Å². The van der Waals surface area contributed by atoms with Crippen LogP contribution in [0.15, 0.2) is 63.9 Å². The number of nitrogens with one attached hydrogen (secondary N) is 1. The van der Waals surface area contributed by atoms with Gasteiger partial charge in [0.25, 0.3) is 5.91 Å². The maximum Gasteiger partial charge on any atom is 0.403 e. The van der Waals surface area contributed by atoms with Gasteiger partial charge < -0.3 is 5.73 Å². The van der Waals surface area contributed by atoms with Crippen LogP contribution in [-0.2, 0) is 11.3 Å².